The van der Waals surface area contributed by atoms with Crippen molar-refractivity contribution in [3.05, 3.63) is 34.3 Å². The summed E-state index contributed by atoms with van der Waals surface area (Å²) >= 11 is 9.88. The molecular formula is C14H19BrClN. The third-order valence-corrected chi connectivity index (χ3v) is 4.50. The number of halogens is 2. The van der Waals surface area contributed by atoms with E-state index in [4.69, 9.17) is 11.6 Å². The summed E-state index contributed by atoms with van der Waals surface area (Å²) in [5.74, 6) is 0.855. The molecule has 1 aromatic rings. The van der Waals surface area contributed by atoms with Gasteiger partial charge in [-0.05, 0) is 49.9 Å². The molecule has 0 atom stereocenters. The van der Waals surface area contributed by atoms with Gasteiger partial charge in [0.05, 0.1) is 0 Å². The number of aryl methyl sites for hydroxylation is 1. The lowest BCUT2D eigenvalue weighted by Crippen LogP contribution is -2.34. The standard InChI is InChI=1S/C14H19BrClN/c1-10-3-4-12(14(16)5-10)9-17(2)8-11-6-13(15)7-11/h3-5,11,13H,6-9H2,1-2H3. The van der Waals surface area contributed by atoms with E-state index in [1.165, 1.54) is 30.5 Å². The highest BCUT2D eigenvalue weighted by Crippen LogP contribution is 2.33. The molecule has 0 bridgehead atoms. The SMILES string of the molecule is Cc1ccc(CN(C)CC2CC(Br)C2)c(Cl)c1. The molecule has 94 valence electrons. The predicted octanol–water partition coefficient (Wildman–Crippen LogP) is 4.25. The second kappa shape index (κ2) is 5.73. The molecule has 1 fully saturated rings. The van der Waals surface area contributed by atoms with E-state index in [9.17, 15) is 0 Å². The van der Waals surface area contributed by atoms with Crippen LogP contribution in [0, 0.1) is 12.8 Å². The lowest BCUT2D eigenvalue weighted by molar-refractivity contribution is 0.208. The molecule has 1 aliphatic carbocycles. The number of benzene rings is 1. The molecule has 0 saturated heterocycles. The van der Waals surface area contributed by atoms with Crippen LogP contribution in [0.25, 0.3) is 0 Å². The van der Waals surface area contributed by atoms with Crippen LogP contribution in [-0.4, -0.2) is 23.3 Å². The van der Waals surface area contributed by atoms with Crippen molar-refractivity contribution in [2.24, 2.45) is 5.92 Å². The number of rotatable bonds is 4. The van der Waals surface area contributed by atoms with E-state index in [0.717, 1.165) is 22.3 Å². The number of hydrogen-bond donors (Lipinski definition) is 0. The molecule has 0 aliphatic heterocycles. The Morgan fingerprint density at radius 1 is 1.41 bits per heavy atom. The molecule has 1 saturated carbocycles. The molecular weight excluding hydrogens is 298 g/mol. The summed E-state index contributed by atoms with van der Waals surface area (Å²) in [7, 11) is 2.18. The monoisotopic (exact) mass is 315 g/mol. The minimum Gasteiger partial charge on any atom is -0.302 e. The molecule has 0 amide bonds. The molecule has 0 radical (unpaired) electrons. The largest absolute Gasteiger partial charge is 0.302 e. The molecule has 0 aromatic heterocycles. The zero-order valence-electron chi connectivity index (χ0n) is 10.4. The summed E-state index contributed by atoms with van der Waals surface area (Å²) in [4.78, 5) is 3.13. The van der Waals surface area contributed by atoms with E-state index in [1.54, 1.807) is 0 Å². The molecule has 1 nitrogen and oxygen atoms in total. The first-order valence-electron chi connectivity index (χ1n) is 6.12. The van der Waals surface area contributed by atoms with Crippen LogP contribution >= 0.6 is 27.5 Å². The minimum atomic E-state index is 0.754. The fourth-order valence-corrected chi connectivity index (χ4v) is 3.73. The van der Waals surface area contributed by atoms with Crippen molar-refractivity contribution in [2.75, 3.05) is 13.6 Å². The smallest absolute Gasteiger partial charge is 0.0453 e. The van der Waals surface area contributed by atoms with E-state index in [1.807, 2.05) is 6.07 Å². The van der Waals surface area contributed by atoms with Crippen LogP contribution in [0.4, 0.5) is 0 Å². The van der Waals surface area contributed by atoms with Crippen molar-refractivity contribution < 1.29 is 0 Å². The van der Waals surface area contributed by atoms with E-state index in [-0.39, 0.29) is 0 Å². The number of hydrogen-bond acceptors (Lipinski definition) is 1. The number of nitrogens with zero attached hydrogens (tertiary/aromatic N) is 1. The summed E-state index contributed by atoms with van der Waals surface area (Å²) in [5.41, 5.74) is 2.46. The lowest BCUT2D eigenvalue weighted by Gasteiger charge is -2.34. The second-order valence-electron chi connectivity index (χ2n) is 5.23. The Kier molecular flexibility index (Phi) is 4.51. The third kappa shape index (κ3) is 3.70. The van der Waals surface area contributed by atoms with Gasteiger partial charge in [-0.3, -0.25) is 0 Å². The van der Waals surface area contributed by atoms with E-state index in [2.05, 4.69) is 46.9 Å². The fourth-order valence-electron chi connectivity index (χ4n) is 2.38. The predicted molar refractivity (Wildman–Crippen MR) is 78.0 cm³/mol. The Bertz CT molecular complexity index is 388. The quantitative estimate of drug-likeness (QED) is 0.751. The van der Waals surface area contributed by atoms with Gasteiger partial charge in [0.1, 0.15) is 0 Å². The van der Waals surface area contributed by atoms with E-state index in [0.29, 0.717) is 0 Å². The normalized spacial score (nSPS) is 23.8. The van der Waals surface area contributed by atoms with Gasteiger partial charge >= 0.3 is 0 Å². The van der Waals surface area contributed by atoms with Gasteiger partial charge in [-0.2, -0.15) is 0 Å². The first-order valence-corrected chi connectivity index (χ1v) is 7.41. The molecule has 0 heterocycles. The highest BCUT2D eigenvalue weighted by atomic mass is 79.9. The highest BCUT2D eigenvalue weighted by molar-refractivity contribution is 9.09. The van der Waals surface area contributed by atoms with Crippen LogP contribution in [0.15, 0.2) is 18.2 Å². The molecule has 3 heteroatoms. The van der Waals surface area contributed by atoms with Gasteiger partial charge in [0.2, 0.25) is 0 Å². The Balaban J connectivity index is 1.87. The molecule has 17 heavy (non-hydrogen) atoms. The van der Waals surface area contributed by atoms with Gasteiger partial charge in [-0.25, -0.2) is 0 Å². The van der Waals surface area contributed by atoms with Crippen LogP contribution < -0.4 is 0 Å². The van der Waals surface area contributed by atoms with Crippen LogP contribution in [-0.2, 0) is 6.54 Å². The maximum atomic E-state index is 6.25. The topological polar surface area (TPSA) is 3.24 Å². The van der Waals surface area contributed by atoms with Crippen LogP contribution in [0.3, 0.4) is 0 Å². The van der Waals surface area contributed by atoms with Gasteiger partial charge < -0.3 is 4.90 Å². The van der Waals surface area contributed by atoms with Crippen molar-refractivity contribution in [1.82, 2.24) is 4.90 Å². The molecule has 0 N–H and O–H groups in total. The van der Waals surface area contributed by atoms with Gasteiger partial charge in [-0.15, -0.1) is 0 Å². The second-order valence-corrected chi connectivity index (χ2v) is 6.93. The van der Waals surface area contributed by atoms with Gasteiger partial charge in [-0.1, -0.05) is 39.7 Å². The van der Waals surface area contributed by atoms with Crippen molar-refractivity contribution in [3.63, 3.8) is 0 Å². The number of alkyl halides is 1. The summed E-state index contributed by atoms with van der Waals surface area (Å²) in [5, 5.41) is 0.892. The first-order chi connectivity index (χ1) is 8.04. The molecule has 1 aliphatic rings. The molecule has 0 unspecified atom stereocenters. The molecule has 2 rings (SSSR count). The van der Waals surface area contributed by atoms with Crippen molar-refractivity contribution >= 4 is 27.5 Å². The van der Waals surface area contributed by atoms with E-state index >= 15 is 0 Å². The highest BCUT2D eigenvalue weighted by Gasteiger charge is 2.27. The Hall–Kier alpha value is -0.0500. The maximum Gasteiger partial charge on any atom is 0.0453 e. The van der Waals surface area contributed by atoms with Crippen molar-refractivity contribution in [2.45, 2.75) is 31.1 Å². The first kappa shape index (κ1) is 13.4. The van der Waals surface area contributed by atoms with E-state index < -0.39 is 0 Å². The van der Waals surface area contributed by atoms with Gasteiger partial charge in [0, 0.05) is 22.9 Å². The van der Waals surface area contributed by atoms with Crippen molar-refractivity contribution in [3.8, 4) is 0 Å². The fraction of sp³-hybridized carbons (Fsp3) is 0.571. The average molecular weight is 317 g/mol. The Morgan fingerprint density at radius 2 is 2.12 bits per heavy atom. The zero-order valence-corrected chi connectivity index (χ0v) is 12.8. The van der Waals surface area contributed by atoms with Crippen molar-refractivity contribution in [1.29, 1.82) is 0 Å². The lowest BCUT2D eigenvalue weighted by atomic mass is 9.85. The van der Waals surface area contributed by atoms with Gasteiger partial charge in [0.15, 0.2) is 0 Å². The average Bonchev–Trinajstić information content (AvgIpc) is 2.20. The third-order valence-electron chi connectivity index (χ3n) is 3.40. The van der Waals surface area contributed by atoms with Crippen LogP contribution in [0.5, 0.6) is 0 Å². The Labute approximate surface area is 117 Å². The minimum absolute atomic E-state index is 0.754. The summed E-state index contributed by atoms with van der Waals surface area (Å²) < 4.78 is 0. The summed E-state index contributed by atoms with van der Waals surface area (Å²) in [6, 6.07) is 6.32. The molecule has 1 aromatic carbocycles. The van der Waals surface area contributed by atoms with Crippen LogP contribution in [0.1, 0.15) is 24.0 Å². The Morgan fingerprint density at radius 3 is 2.71 bits per heavy atom. The van der Waals surface area contributed by atoms with Gasteiger partial charge in [0.25, 0.3) is 0 Å². The summed E-state index contributed by atoms with van der Waals surface area (Å²) in [6.45, 7) is 4.19. The maximum absolute atomic E-state index is 6.25. The summed E-state index contributed by atoms with van der Waals surface area (Å²) in [6.07, 6.45) is 2.62. The zero-order chi connectivity index (χ0) is 12.4. The van der Waals surface area contributed by atoms with Crippen LogP contribution in [0.2, 0.25) is 5.02 Å². The molecule has 0 spiro atoms.